The molecular weight excluding hydrogens is 354 g/mol. The van der Waals surface area contributed by atoms with Gasteiger partial charge >= 0.3 is 0 Å². The molecule has 0 aliphatic rings. The highest BCUT2D eigenvalue weighted by Crippen LogP contribution is 2.19. The van der Waals surface area contributed by atoms with Crippen molar-refractivity contribution >= 4 is 28.3 Å². The molecule has 0 amide bonds. The van der Waals surface area contributed by atoms with Gasteiger partial charge in [0, 0.05) is 27.4 Å². The highest BCUT2D eigenvalue weighted by molar-refractivity contribution is 14.1. The summed E-state index contributed by atoms with van der Waals surface area (Å²) in [6.45, 7) is 0.100. The maximum atomic E-state index is 13.4. The zero-order valence-electron chi connectivity index (χ0n) is 9.18. The summed E-state index contributed by atoms with van der Waals surface area (Å²) in [6, 6.07) is 8.87. The van der Waals surface area contributed by atoms with Gasteiger partial charge in [0.25, 0.3) is 0 Å². The molecule has 0 saturated heterocycles. The van der Waals surface area contributed by atoms with Crippen molar-refractivity contribution in [3.63, 3.8) is 0 Å². The molecular formula is C13H9F3IN. The molecule has 0 aromatic heterocycles. The second kappa shape index (κ2) is 5.60. The Morgan fingerprint density at radius 1 is 0.944 bits per heavy atom. The monoisotopic (exact) mass is 363 g/mol. The third-order valence-corrected chi connectivity index (χ3v) is 3.37. The second-order valence-corrected chi connectivity index (χ2v) is 4.85. The number of hydrogen-bond donors (Lipinski definition) is 1. The van der Waals surface area contributed by atoms with Gasteiger partial charge in [0.05, 0.1) is 0 Å². The van der Waals surface area contributed by atoms with E-state index < -0.39 is 17.5 Å². The molecule has 0 saturated carbocycles. The summed E-state index contributed by atoms with van der Waals surface area (Å²) in [5.74, 6) is -2.98. The standard InChI is InChI=1S/C13H9F3IN/c14-9-6-11(16)10(15)5-8(9)7-18-13-4-2-1-3-12(13)17/h1-6,18H,7H2. The van der Waals surface area contributed by atoms with Crippen LogP contribution in [0.25, 0.3) is 0 Å². The summed E-state index contributed by atoms with van der Waals surface area (Å²) >= 11 is 2.13. The highest BCUT2D eigenvalue weighted by Gasteiger charge is 2.09. The average molecular weight is 363 g/mol. The topological polar surface area (TPSA) is 12.0 Å². The van der Waals surface area contributed by atoms with Crippen LogP contribution in [0, 0.1) is 21.0 Å². The van der Waals surface area contributed by atoms with Gasteiger partial charge in [-0.2, -0.15) is 0 Å². The first kappa shape index (κ1) is 13.2. The van der Waals surface area contributed by atoms with Gasteiger partial charge < -0.3 is 5.32 Å². The van der Waals surface area contributed by atoms with Crippen LogP contribution in [0.15, 0.2) is 36.4 Å². The quantitative estimate of drug-likeness (QED) is 0.633. The second-order valence-electron chi connectivity index (χ2n) is 3.69. The maximum Gasteiger partial charge on any atom is 0.161 e. The summed E-state index contributed by atoms with van der Waals surface area (Å²) in [5, 5.41) is 2.98. The molecule has 0 radical (unpaired) electrons. The van der Waals surface area contributed by atoms with Crippen LogP contribution in [-0.2, 0) is 6.54 Å². The predicted octanol–water partition coefficient (Wildman–Crippen LogP) is 4.32. The van der Waals surface area contributed by atoms with Gasteiger partial charge in [-0.15, -0.1) is 0 Å². The van der Waals surface area contributed by atoms with Crippen molar-refractivity contribution in [2.24, 2.45) is 0 Å². The van der Waals surface area contributed by atoms with E-state index in [2.05, 4.69) is 27.9 Å². The van der Waals surface area contributed by atoms with E-state index in [9.17, 15) is 13.2 Å². The number of nitrogens with one attached hydrogen (secondary N) is 1. The molecule has 1 N–H and O–H groups in total. The Hall–Kier alpha value is -1.24. The fraction of sp³-hybridized carbons (Fsp3) is 0.0769. The van der Waals surface area contributed by atoms with Crippen molar-refractivity contribution in [2.45, 2.75) is 6.54 Å². The molecule has 5 heteroatoms. The summed E-state index contributed by atoms with van der Waals surface area (Å²) in [6.07, 6.45) is 0. The Morgan fingerprint density at radius 2 is 1.61 bits per heavy atom. The fourth-order valence-electron chi connectivity index (χ4n) is 1.49. The van der Waals surface area contributed by atoms with Crippen LogP contribution in [0.3, 0.4) is 0 Å². The van der Waals surface area contributed by atoms with E-state index in [0.717, 1.165) is 15.3 Å². The minimum absolute atomic E-state index is 0.0913. The fourth-order valence-corrected chi connectivity index (χ4v) is 2.07. The summed E-state index contributed by atoms with van der Waals surface area (Å²) in [5.41, 5.74) is 0.913. The van der Waals surface area contributed by atoms with Crippen LogP contribution in [0.1, 0.15) is 5.56 Å². The largest absolute Gasteiger partial charge is 0.380 e. The normalized spacial score (nSPS) is 10.4. The van der Waals surface area contributed by atoms with Gasteiger partial charge in [0.1, 0.15) is 5.82 Å². The lowest BCUT2D eigenvalue weighted by Crippen LogP contribution is -2.04. The lowest BCUT2D eigenvalue weighted by atomic mass is 10.2. The molecule has 0 heterocycles. The number of benzene rings is 2. The number of hydrogen-bond acceptors (Lipinski definition) is 1. The molecule has 2 aromatic rings. The first-order valence-corrected chi connectivity index (χ1v) is 6.27. The Balaban J connectivity index is 2.16. The third-order valence-electron chi connectivity index (χ3n) is 2.43. The van der Waals surface area contributed by atoms with E-state index in [-0.39, 0.29) is 12.1 Å². The molecule has 0 atom stereocenters. The smallest absolute Gasteiger partial charge is 0.161 e. The van der Waals surface area contributed by atoms with E-state index in [4.69, 9.17) is 0 Å². The molecule has 0 aliphatic carbocycles. The molecule has 0 unspecified atom stereocenters. The predicted molar refractivity (Wildman–Crippen MR) is 72.8 cm³/mol. The first-order chi connectivity index (χ1) is 8.58. The third kappa shape index (κ3) is 2.95. The zero-order chi connectivity index (χ0) is 13.1. The Kier molecular flexibility index (Phi) is 4.11. The van der Waals surface area contributed by atoms with E-state index in [1.165, 1.54) is 0 Å². The van der Waals surface area contributed by atoms with Crippen LogP contribution in [0.5, 0.6) is 0 Å². The zero-order valence-corrected chi connectivity index (χ0v) is 11.3. The van der Waals surface area contributed by atoms with Crippen molar-refractivity contribution in [2.75, 3.05) is 5.32 Å². The number of anilines is 1. The first-order valence-electron chi connectivity index (χ1n) is 5.20. The van der Waals surface area contributed by atoms with Crippen LogP contribution in [0.4, 0.5) is 18.9 Å². The molecule has 0 aliphatic heterocycles. The van der Waals surface area contributed by atoms with Crippen LogP contribution in [0.2, 0.25) is 0 Å². The van der Waals surface area contributed by atoms with E-state index in [0.29, 0.717) is 6.07 Å². The average Bonchev–Trinajstić information content (AvgIpc) is 2.34. The Morgan fingerprint density at radius 3 is 2.33 bits per heavy atom. The Bertz CT molecular complexity index is 572. The summed E-state index contributed by atoms with van der Waals surface area (Å²) in [7, 11) is 0. The van der Waals surface area contributed by atoms with Crippen molar-refractivity contribution < 1.29 is 13.2 Å². The minimum Gasteiger partial charge on any atom is -0.380 e. The number of halogens is 4. The molecule has 18 heavy (non-hydrogen) atoms. The van der Waals surface area contributed by atoms with E-state index >= 15 is 0 Å². The highest BCUT2D eigenvalue weighted by atomic mass is 127. The van der Waals surface area contributed by atoms with Crippen molar-refractivity contribution in [1.82, 2.24) is 0 Å². The molecule has 2 aromatic carbocycles. The lowest BCUT2D eigenvalue weighted by Gasteiger charge is -2.09. The maximum absolute atomic E-state index is 13.4. The summed E-state index contributed by atoms with van der Waals surface area (Å²) < 4.78 is 40.1. The molecule has 94 valence electrons. The van der Waals surface area contributed by atoms with Gasteiger partial charge in [0.15, 0.2) is 11.6 Å². The van der Waals surface area contributed by atoms with Crippen LogP contribution in [-0.4, -0.2) is 0 Å². The molecule has 1 nitrogen and oxygen atoms in total. The van der Waals surface area contributed by atoms with Gasteiger partial charge in [-0.3, -0.25) is 0 Å². The van der Waals surface area contributed by atoms with Gasteiger partial charge in [-0.1, -0.05) is 12.1 Å². The van der Waals surface area contributed by atoms with Gasteiger partial charge in [-0.25, -0.2) is 13.2 Å². The summed E-state index contributed by atoms with van der Waals surface area (Å²) in [4.78, 5) is 0. The molecule has 0 spiro atoms. The van der Waals surface area contributed by atoms with Crippen molar-refractivity contribution in [3.8, 4) is 0 Å². The number of rotatable bonds is 3. The van der Waals surface area contributed by atoms with Crippen molar-refractivity contribution in [3.05, 3.63) is 63.0 Å². The molecule has 0 fully saturated rings. The van der Waals surface area contributed by atoms with Gasteiger partial charge in [0.2, 0.25) is 0 Å². The lowest BCUT2D eigenvalue weighted by molar-refractivity contribution is 0.490. The Labute approximate surface area is 116 Å². The molecule has 0 bridgehead atoms. The SMILES string of the molecule is Fc1cc(F)c(CNc2ccccc2I)cc1F. The van der Waals surface area contributed by atoms with E-state index in [1.54, 1.807) is 0 Å². The van der Waals surface area contributed by atoms with Crippen LogP contribution < -0.4 is 5.32 Å². The number of para-hydroxylation sites is 1. The minimum atomic E-state index is -1.18. The van der Waals surface area contributed by atoms with Gasteiger partial charge in [-0.05, 0) is 40.8 Å². The molecule has 2 rings (SSSR count). The van der Waals surface area contributed by atoms with Crippen molar-refractivity contribution in [1.29, 1.82) is 0 Å². The van der Waals surface area contributed by atoms with Crippen LogP contribution >= 0.6 is 22.6 Å². The van der Waals surface area contributed by atoms with E-state index in [1.807, 2.05) is 24.3 Å².